The first-order chi connectivity index (χ1) is 23.2. The Kier molecular flexibility index (Phi) is 12.3. The van der Waals surface area contributed by atoms with Crippen LogP contribution in [0.5, 0.6) is 5.75 Å². The van der Waals surface area contributed by atoms with Crippen molar-refractivity contribution in [2.24, 2.45) is 5.92 Å². The molecule has 5 rings (SSSR count). The molecule has 3 atom stereocenters. The van der Waals surface area contributed by atoms with Gasteiger partial charge in [0.2, 0.25) is 5.91 Å². The van der Waals surface area contributed by atoms with Gasteiger partial charge in [-0.15, -0.1) is 0 Å². The third-order valence-electron chi connectivity index (χ3n) is 8.48. The molecule has 2 aliphatic rings. The molecule has 2 fully saturated rings. The maximum atomic E-state index is 13.1. The average Bonchev–Trinajstić information content (AvgIpc) is 3.68. The molecule has 2 aromatic heterocycles. The van der Waals surface area contributed by atoms with Gasteiger partial charge in [-0.1, -0.05) is 12.8 Å². The van der Waals surface area contributed by atoms with Crippen LogP contribution in [-0.4, -0.2) is 92.4 Å². The van der Waals surface area contributed by atoms with Gasteiger partial charge in [-0.3, -0.25) is 14.7 Å². The third-order valence-corrected chi connectivity index (χ3v) is 8.48. The molecule has 1 aromatic carbocycles. The van der Waals surface area contributed by atoms with Crippen molar-refractivity contribution in [2.45, 2.75) is 70.6 Å². The number of nitriles is 1. The molecule has 3 heterocycles. The normalized spacial score (nSPS) is 19.1. The van der Waals surface area contributed by atoms with Crippen molar-refractivity contribution < 1.29 is 37.7 Å². The first kappa shape index (κ1) is 35.1. The van der Waals surface area contributed by atoms with Crippen LogP contribution in [0.2, 0.25) is 0 Å². The Hall–Kier alpha value is -4.18. The lowest BCUT2D eigenvalue weighted by Gasteiger charge is -2.34. The minimum absolute atomic E-state index is 0.0700. The number of ether oxygens (including phenoxy) is 5. The Balaban J connectivity index is 0.907. The Morgan fingerprint density at radius 1 is 1.00 bits per heavy atom. The minimum atomic E-state index is -0.613. The van der Waals surface area contributed by atoms with Gasteiger partial charge in [0.15, 0.2) is 0 Å². The van der Waals surface area contributed by atoms with Crippen LogP contribution in [0.1, 0.15) is 58.4 Å². The number of hydrogen-bond acceptors (Lipinski definition) is 10. The number of nitrogens with one attached hydrogen (secondary N) is 1. The first-order valence-electron chi connectivity index (χ1n) is 16.8. The van der Waals surface area contributed by atoms with Crippen molar-refractivity contribution in [3.05, 3.63) is 48.3 Å². The van der Waals surface area contributed by atoms with E-state index in [0.717, 1.165) is 31.1 Å². The van der Waals surface area contributed by atoms with Crippen LogP contribution in [0.4, 0.5) is 4.79 Å². The zero-order valence-electron chi connectivity index (χ0n) is 28.1. The van der Waals surface area contributed by atoms with Gasteiger partial charge in [0.1, 0.15) is 41.4 Å². The van der Waals surface area contributed by atoms with Crippen molar-refractivity contribution in [3.63, 3.8) is 0 Å². The van der Waals surface area contributed by atoms with Crippen molar-refractivity contribution >= 4 is 23.0 Å². The van der Waals surface area contributed by atoms with E-state index in [9.17, 15) is 14.9 Å². The number of pyridine rings is 1. The van der Waals surface area contributed by atoms with E-state index in [1.165, 1.54) is 6.20 Å². The average molecular weight is 663 g/mol. The van der Waals surface area contributed by atoms with Crippen molar-refractivity contribution in [1.29, 1.82) is 5.26 Å². The van der Waals surface area contributed by atoms with Crippen LogP contribution in [0.3, 0.4) is 0 Å². The molecule has 0 spiro atoms. The molecular weight excluding hydrogens is 616 g/mol. The molecule has 0 radical (unpaired) electrons. The summed E-state index contributed by atoms with van der Waals surface area (Å²) in [5.41, 5.74) is 1.24. The van der Waals surface area contributed by atoms with Gasteiger partial charge < -0.3 is 33.4 Å². The number of benzene rings is 1. The highest BCUT2D eigenvalue weighted by Gasteiger charge is 2.48. The van der Waals surface area contributed by atoms with Crippen LogP contribution in [-0.2, 0) is 23.7 Å². The number of rotatable bonds is 15. The molecule has 0 unspecified atom stereocenters. The predicted octanol–water partition coefficient (Wildman–Crippen LogP) is 5.48. The maximum absolute atomic E-state index is 13.1. The molecule has 2 amide bonds. The van der Waals surface area contributed by atoms with Gasteiger partial charge in [0.25, 0.3) is 0 Å². The molecular formula is C36H46N4O8. The molecule has 1 aliphatic carbocycles. The molecule has 3 aromatic rings. The molecule has 1 N–H and O–H groups in total. The summed E-state index contributed by atoms with van der Waals surface area (Å²) in [6.45, 7) is 8.69. The van der Waals surface area contributed by atoms with Crippen LogP contribution in [0.15, 0.2) is 47.1 Å². The van der Waals surface area contributed by atoms with E-state index >= 15 is 0 Å². The Morgan fingerprint density at radius 2 is 1.73 bits per heavy atom. The van der Waals surface area contributed by atoms with E-state index in [4.69, 9.17) is 28.1 Å². The number of nitrogens with zero attached hydrogens (tertiary/aromatic N) is 3. The van der Waals surface area contributed by atoms with Gasteiger partial charge in [-0.25, -0.2) is 4.79 Å². The quantitative estimate of drug-likeness (QED) is 0.208. The SMILES string of the molecule is CC(C)(C)OC(=O)N1[C@H](C(=O)NCCOCCOCCOCCOc2ccc3oc(-c4ccncc4C#N)cc3c2)C[C@@H]2CCCC[C@@H]21. The topological polar surface area (TPSA) is 145 Å². The lowest BCUT2D eigenvalue weighted by atomic mass is 9.85. The monoisotopic (exact) mass is 662 g/mol. The van der Waals surface area contributed by atoms with Gasteiger partial charge in [0.05, 0.1) is 45.2 Å². The largest absolute Gasteiger partial charge is 0.491 e. The molecule has 1 aliphatic heterocycles. The zero-order chi connectivity index (χ0) is 33.9. The Labute approximate surface area is 281 Å². The second kappa shape index (κ2) is 16.8. The van der Waals surface area contributed by atoms with Crippen molar-refractivity contribution in [1.82, 2.24) is 15.2 Å². The number of aromatic nitrogens is 1. The van der Waals surface area contributed by atoms with E-state index in [2.05, 4.69) is 16.4 Å². The third kappa shape index (κ3) is 9.46. The summed E-state index contributed by atoms with van der Waals surface area (Å²) in [5.74, 6) is 1.49. The van der Waals surface area contributed by atoms with Crippen LogP contribution >= 0.6 is 0 Å². The summed E-state index contributed by atoms with van der Waals surface area (Å²) < 4.78 is 34.2. The predicted molar refractivity (Wildman–Crippen MR) is 177 cm³/mol. The number of carbonyl (C=O) groups is 2. The van der Waals surface area contributed by atoms with E-state index in [1.54, 1.807) is 17.2 Å². The lowest BCUT2D eigenvalue weighted by molar-refractivity contribution is -0.126. The summed E-state index contributed by atoms with van der Waals surface area (Å²) in [7, 11) is 0. The lowest BCUT2D eigenvalue weighted by Crippen LogP contribution is -2.51. The highest BCUT2D eigenvalue weighted by atomic mass is 16.6. The summed E-state index contributed by atoms with van der Waals surface area (Å²) in [4.78, 5) is 31.8. The number of hydrogen-bond donors (Lipinski definition) is 1. The number of carbonyl (C=O) groups excluding carboxylic acids is 2. The van der Waals surface area contributed by atoms with Gasteiger partial charge >= 0.3 is 6.09 Å². The van der Waals surface area contributed by atoms with Crippen molar-refractivity contribution in [3.8, 4) is 23.1 Å². The van der Waals surface area contributed by atoms with E-state index in [-0.39, 0.29) is 11.9 Å². The van der Waals surface area contributed by atoms with Crippen molar-refractivity contribution in [2.75, 3.05) is 52.8 Å². The Morgan fingerprint density at radius 3 is 2.48 bits per heavy atom. The fourth-order valence-electron chi connectivity index (χ4n) is 6.34. The second-order valence-corrected chi connectivity index (χ2v) is 13.1. The fraction of sp³-hybridized carbons (Fsp3) is 0.556. The van der Waals surface area contributed by atoms with Crippen LogP contribution in [0.25, 0.3) is 22.3 Å². The molecule has 48 heavy (non-hydrogen) atoms. The van der Waals surface area contributed by atoms with E-state index in [1.807, 2.05) is 45.0 Å². The van der Waals surface area contributed by atoms with Gasteiger partial charge in [-0.2, -0.15) is 5.26 Å². The molecule has 12 heteroatoms. The number of furan rings is 1. The molecule has 1 saturated heterocycles. The smallest absolute Gasteiger partial charge is 0.411 e. The maximum Gasteiger partial charge on any atom is 0.411 e. The zero-order valence-corrected chi connectivity index (χ0v) is 28.1. The summed E-state index contributed by atoms with van der Waals surface area (Å²) in [6.07, 6.45) is 7.60. The number of likely N-dealkylation sites (tertiary alicyclic amines) is 1. The minimum Gasteiger partial charge on any atom is -0.491 e. The molecule has 0 bridgehead atoms. The van der Waals surface area contributed by atoms with Gasteiger partial charge in [-0.05, 0) is 76.3 Å². The fourth-order valence-corrected chi connectivity index (χ4v) is 6.34. The molecule has 12 nitrogen and oxygen atoms in total. The number of fused-ring (bicyclic) bond motifs is 2. The van der Waals surface area contributed by atoms with E-state index < -0.39 is 17.7 Å². The van der Waals surface area contributed by atoms with Crippen LogP contribution in [0, 0.1) is 17.2 Å². The molecule has 1 saturated carbocycles. The Bertz CT molecular complexity index is 1560. The van der Waals surface area contributed by atoms with E-state index in [0.29, 0.717) is 93.4 Å². The first-order valence-corrected chi connectivity index (χ1v) is 16.8. The van der Waals surface area contributed by atoms with Crippen LogP contribution < -0.4 is 10.1 Å². The second-order valence-electron chi connectivity index (χ2n) is 13.1. The van der Waals surface area contributed by atoms with Gasteiger partial charge in [0, 0.05) is 35.9 Å². The molecule has 258 valence electrons. The summed E-state index contributed by atoms with van der Waals surface area (Å²) >= 11 is 0. The highest BCUT2D eigenvalue weighted by Crippen LogP contribution is 2.40. The number of amides is 2. The summed E-state index contributed by atoms with van der Waals surface area (Å²) in [6, 6.07) is 10.9. The summed E-state index contributed by atoms with van der Waals surface area (Å²) in [5, 5.41) is 13.2. The highest BCUT2D eigenvalue weighted by molar-refractivity contribution is 5.87. The standard InChI is InChI=1S/C36H46N4O8/c1-36(2,3)48-35(42)40-30-7-5-4-6-25(30)21-31(40)34(41)39-12-13-43-14-15-44-16-17-45-18-19-46-28-8-9-32-26(20-28)22-33(47-32)29-10-11-38-24-27(29)23-37/h8-11,20,22,24-25,30-31H,4-7,12-19,21H2,1-3H3,(H,39,41)/t25-,30-,31-/m0/s1.